The third-order valence-corrected chi connectivity index (χ3v) is 4.81. The van der Waals surface area contributed by atoms with Crippen molar-refractivity contribution in [2.75, 3.05) is 0 Å². The normalized spacial score (nSPS) is 33.2. The van der Waals surface area contributed by atoms with Gasteiger partial charge in [0.2, 0.25) is 0 Å². The van der Waals surface area contributed by atoms with Crippen molar-refractivity contribution in [3.8, 4) is 0 Å². The van der Waals surface area contributed by atoms with E-state index in [1.165, 1.54) is 0 Å². The summed E-state index contributed by atoms with van der Waals surface area (Å²) in [6.45, 7) is 4.20. The van der Waals surface area contributed by atoms with Crippen LogP contribution in [0.5, 0.6) is 0 Å². The summed E-state index contributed by atoms with van der Waals surface area (Å²) in [5, 5.41) is 4.37. The molecule has 3 aliphatic carbocycles. The van der Waals surface area contributed by atoms with Gasteiger partial charge in [0, 0.05) is 5.69 Å². The van der Waals surface area contributed by atoms with Gasteiger partial charge in [-0.25, -0.2) is 0 Å². The van der Waals surface area contributed by atoms with Gasteiger partial charge >= 0.3 is 6.18 Å². The Hall–Kier alpha value is -0.520. The molecule has 3 aliphatic rings. The predicted octanol–water partition coefficient (Wildman–Crippen LogP) is 4.29. The Morgan fingerprint density at radius 3 is 2.42 bits per heavy atom. The Morgan fingerprint density at radius 1 is 1.37 bits per heavy atom. The van der Waals surface area contributed by atoms with E-state index in [9.17, 15) is 13.2 Å². The summed E-state index contributed by atoms with van der Waals surface area (Å²) < 4.78 is 41.2. The Morgan fingerprint density at radius 2 is 1.95 bits per heavy atom. The molecule has 0 aliphatic heterocycles. The molecule has 0 radical (unpaired) electrons. The maximum absolute atomic E-state index is 12.9. The van der Waals surface area contributed by atoms with E-state index in [0.717, 1.165) is 12.1 Å². The highest BCUT2D eigenvalue weighted by Gasteiger charge is 2.80. The van der Waals surface area contributed by atoms with E-state index in [1.54, 1.807) is 0 Å². The Labute approximate surface area is 118 Å². The second-order valence-electron chi connectivity index (χ2n) is 6.50. The molecule has 2 nitrogen and oxygen atoms in total. The van der Waals surface area contributed by atoms with Crippen LogP contribution in [0.3, 0.4) is 0 Å². The van der Waals surface area contributed by atoms with E-state index in [-0.39, 0.29) is 24.8 Å². The fourth-order valence-electron chi connectivity index (χ4n) is 3.62. The molecule has 1 aromatic rings. The van der Waals surface area contributed by atoms with Gasteiger partial charge in [0.15, 0.2) is 0 Å². The zero-order chi connectivity index (χ0) is 14.1. The zero-order valence-corrected chi connectivity index (χ0v) is 12.5. The minimum Gasteiger partial charge on any atom is -0.262 e. The SMILES string of the molecule is CC(C)Cc1cc(Br)nn1C12CC(C(F)(F)F)(C1)C2. The lowest BCUT2D eigenvalue weighted by molar-refractivity contribution is -0.356. The second-order valence-corrected chi connectivity index (χ2v) is 7.31. The maximum atomic E-state index is 12.9. The molecule has 1 heterocycles. The van der Waals surface area contributed by atoms with Crippen molar-refractivity contribution in [1.82, 2.24) is 9.78 Å². The molecular weight excluding hydrogens is 321 g/mol. The number of nitrogens with zero attached hydrogens (tertiary/aromatic N) is 2. The zero-order valence-electron chi connectivity index (χ0n) is 10.9. The molecule has 3 saturated carbocycles. The predicted molar refractivity (Wildman–Crippen MR) is 68.8 cm³/mol. The average molecular weight is 337 g/mol. The standard InChI is InChI=1S/C13H16BrF3N2/c1-8(2)3-9-4-10(14)18-19(9)12-5-11(6-12,7-12)13(15,16)17/h4,8H,3,5-7H2,1-2H3. The highest BCUT2D eigenvalue weighted by molar-refractivity contribution is 9.10. The lowest BCUT2D eigenvalue weighted by Crippen LogP contribution is -2.73. The van der Waals surface area contributed by atoms with Crippen molar-refractivity contribution in [2.45, 2.75) is 51.2 Å². The van der Waals surface area contributed by atoms with Crippen LogP contribution in [0, 0.1) is 11.3 Å². The van der Waals surface area contributed by atoms with Crippen molar-refractivity contribution in [3.63, 3.8) is 0 Å². The van der Waals surface area contributed by atoms with Gasteiger partial charge in [-0.15, -0.1) is 0 Å². The van der Waals surface area contributed by atoms with E-state index >= 15 is 0 Å². The van der Waals surface area contributed by atoms with Crippen molar-refractivity contribution in [1.29, 1.82) is 0 Å². The molecule has 1 aromatic heterocycles. The van der Waals surface area contributed by atoms with Crippen LogP contribution in [0.4, 0.5) is 13.2 Å². The van der Waals surface area contributed by atoms with Crippen LogP contribution < -0.4 is 0 Å². The quantitative estimate of drug-likeness (QED) is 0.805. The smallest absolute Gasteiger partial charge is 0.262 e. The Bertz CT molecular complexity index is 499. The Balaban J connectivity index is 1.84. The van der Waals surface area contributed by atoms with Gasteiger partial charge in [0.1, 0.15) is 4.60 Å². The fourth-order valence-corrected chi connectivity index (χ4v) is 4.04. The lowest BCUT2D eigenvalue weighted by Gasteiger charge is -2.70. The van der Waals surface area contributed by atoms with Crippen molar-refractivity contribution in [2.24, 2.45) is 11.3 Å². The molecule has 2 bridgehead atoms. The molecule has 4 rings (SSSR count). The van der Waals surface area contributed by atoms with Gasteiger partial charge in [-0.1, -0.05) is 13.8 Å². The topological polar surface area (TPSA) is 17.8 Å². The van der Waals surface area contributed by atoms with Crippen LogP contribution in [0.2, 0.25) is 0 Å². The van der Waals surface area contributed by atoms with E-state index in [0.29, 0.717) is 10.5 Å². The van der Waals surface area contributed by atoms with Crippen LogP contribution in [-0.2, 0) is 12.0 Å². The van der Waals surface area contributed by atoms with Gasteiger partial charge in [-0.05, 0) is 53.6 Å². The molecule has 0 atom stereocenters. The molecule has 0 unspecified atom stereocenters. The Kier molecular flexibility index (Phi) is 2.67. The highest BCUT2D eigenvalue weighted by Crippen LogP contribution is 2.76. The molecule has 0 aromatic carbocycles. The first-order valence-electron chi connectivity index (χ1n) is 6.49. The van der Waals surface area contributed by atoms with Gasteiger partial charge < -0.3 is 0 Å². The van der Waals surface area contributed by atoms with Gasteiger partial charge in [0.25, 0.3) is 0 Å². The van der Waals surface area contributed by atoms with Crippen LogP contribution in [0.15, 0.2) is 10.7 Å². The monoisotopic (exact) mass is 336 g/mol. The number of halogens is 4. The van der Waals surface area contributed by atoms with Crippen molar-refractivity contribution < 1.29 is 13.2 Å². The second kappa shape index (κ2) is 3.77. The van der Waals surface area contributed by atoms with Crippen molar-refractivity contribution >= 4 is 15.9 Å². The summed E-state index contributed by atoms with van der Waals surface area (Å²) in [5.41, 5.74) is -0.746. The first-order chi connectivity index (χ1) is 8.67. The molecule has 106 valence electrons. The summed E-state index contributed by atoms with van der Waals surface area (Å²) in [5.74, 6) is 0.464. The van der Waals surface area contributed by atoms with Crippen LogP contribution in [0.1, 0.15) is 38.8 Å². The first-order valence-corrected chi connectivity index (χ1v) is 7.28. The fraction of sp³-hybridized carbons (Fsp3) is 0.769. The lowest BCUT2D eigenvalue weighted by atomic mass is 9.39. The van der Waals surface area contributed by atoms with Crippen molar-refractivity contribution in [3.05, 3.63) is 16.4 Å². The van der Waals surface area contributed by atoms with Gasteiger partial charge in [-0.2, -0.15) is 18.3 Å². The van der Waals surface area contributed by atoms with E-state index in [4.69, 9.17) is 0 Å². The number of alkyl halides is 3. The van der Waals surface area contributed by atoms with Gasteiger partial charge in [-0.3, -0.25) is 4.68 Å². The number of hydrogen-bond donors (Lipinski definition) is 0. The molecular formula is C13H16BrF3N2. The van der Waals surface area contributed by atoms with E-state index < -0.39 is 11.6 Å². The first kappa shape index (κ1) is 13.5. The number of hydrogen-bond acceptors (Lipinski definition) is 1. The summed E-state index contributed by atoms with van der Waals surface area (Å²) in [4.78, 5) is 0. The summed E-state index contributed by atoms with van der Waals surface area (Å²) >= 11 is 3.33. The summed E-state index contributed by atoms with van der Waals surface area (Å²) in [7, 11) is 0. The third kappa shape index (κ3) is 1.78. The van der Waals surface area contributed by atoms with Crippen LogP contribution >= 0.6 is 15.9 Å². The number of aromatic nitrogens is 2. The van der Waals surface area contributed by atoms with E-state index in [2.05, 4.69) is 34.9 Å². The summed E-state index contributed by atoms with van der Waals surface area (Å²) in [6.07, 6.45) is -2.62. The molecule has 6 heteroatoms. The highest BCUT2D eigenvalue weighted by atomic mass is 79.9. The molecule has 0 N–H and O–H groups in total. The van der Waals surface area contributed by atoms with Crippen LogP contribution in [0.25, 0.3) is 0 Å². The van der Waals surface area contributed by atoms with E-state index in [1.807, 2.05) is 10.7 Å². The average Bonchev–Trinajstić information content (AvgIpc) is 2.38. The molecule has 3 fully saturated rings. The minimum atomic E-state index is -4.06. The minimum absolute atomic E-state index is 0.197. The van der Waals surface area contributed by atoms with Gasteiger partial charge in [0.05, 0.1) is 11.0 Å². The number of rotatable bonds is 3. The summed E-state index contributed by atoms with van der Waals surface area (Å²) in [6, 6.07) is 1.93. The largest absolute Gasteiger partial charge is 0.394 e. The molecule has 0 amide bonds. The van der Waals surface area contributed by atoms with Crippen LogP contribution in [-0.4, -0.2) is 16.0 Å². The molecule has 19 heavy (non-hydrogen) atoms. The molecule has 0 saturated heterocycles. The maximum Gasteiger partial charge on any atom is 0.394 e. The molecule has 0 spiro atoms. The third-order valence-electron chi connectivity index (χ3n) is 4.42.